The van der Waals surface area contributed by atoms with E-state index in [4.69, 9.17) is 4.74 Å². The molecule has 1 N–H and O–H groups in total. The van der Waals surface area contributed by atoms with Crippen LogP contribution in [-0.4, -0.2) is 83.7 Å². The summed E-state index contributed by atoms with van der Waals surface area (Å²) >= 11 is 0. The zero-order valence-corrected chi connectivity index (χ0v) is 21.7. The third-order valence-corrected chi connectivity index (χ3v) is 9.58. The minimum absolute atomic E-state index is 0.299. The number of piperidine rings is 3. The van der Waals surface area contributed by atoms with Crippen molar-refractivity contribution < 1.29 is 13.2 Å². The molecule has 8 heteroatoms. The van der Waals surface area contributed by atoms with Crippen LogP contribution in [0.25, 0.3) is 0 Å². The number of hydrogen-bond donors (Lipinski definition) is 1. The first kappa shape index (κ1) is 24.6. The van der Waals surface area contributed by atoms with Gasteiger partial charge in [-0.3, -0.25) is 9.80 Å². The number of rotatable bonds is 8. The average molecular weight is 499 g/mol. The minimum atomic E-state index is -3.46. The summed E-state index contributed by atoms with van der Waals surface area (Å²) in [5, 5.41) is 0. The molecule has 35 heavy (non-hydrogen) atoms. The quantitative estimate of drug-likeness (QED) is 0.604. The number of para-hydroxylation sites is 2. The molecule has 7 nitrogen and oxygen atoms in total. The molecule has 0 amide bonds. The van der Waals surface area contributed by atoms with Crippen LogP contribution in [0.2, 0.25) is 0 Å². The molecular formula is C27H38N4O3S. The van der Waals surface area contributed by atoms with Crippen molar-refractivity contribution in [2.75, 3.05) is 64.4 Å². The Hall–Kier alpha value is -2.13. The normalized spacial score (nSPS) is 27.2. The monoisotopic (exact) mass is 498 g/mol. The van der Waals surface area contributed by atoms with Crippen molar-refractivity contribution >= 4 is 15.7 Å². The molecule has 190 valence electrons. The number of hydrogen-bond acceptors (Lipinski definition) is 6. The van der Waals surface area contributed by atoms with E-state index in [2.05, 4.69) is 31.6 Å². The fourth-order valence-electron chi connectivity index (χ4n) is 6.07. The van der Waals surface area contributed by atoms with Gasteiger partial charge in [0.2, 0.25) is 10.0 Å². The van der Waals surface area contributed by atoms with Crippen LogP contribution in [0, 0.1) is 18.8 Å². The summed E-state index contributed by atoms with van der Waals surface area (Å²) in [5.74, 6) is 2.30. The number of ether oxygens (including phenoxy) is 1. The van der Waals surface area contributed by atoms with Crippen molar-refractivity contribution in [3.8, 4) is 5.75 Å². The number of nitrogens with zero attached hydrogens (tertiary/aromatic N) is 3. The van der Waals surface area contributed by atoms with Gasteiger partial charge in [-0.2, -0.15) is 0 Å². The highest BCUT2D eigenvalue weighted by Crippen LogP contribution is 2.37. The van der Waals surface area contributed by atoms with E-state index >= 15 is 0 Å². The lowest BCUT2D eigenvalue weighted by Crippen LogP contribution is -2.59. The van der Waals surface area contributed by atoms with Gasteiger partial charge in [0, 0.05) is 51.9 Å². The number of piperazine rings is 1. The second-order valence-electron chi connectivity index (χ2n) is 10.3. The van der Waals surface area contributed by atoms with Gasteiger partial charge in [-0.25, -0.2) is 13.1 Å². The van der Waals surface area contributed by atoms with Crippen molar-refractivity contribution in [1.82, 2.24) is 14.5 Å². The molecule has 0 spiro atoms. The van der Waals surface area contributed by atoms with E-state index in [0.29, 0.717) is 29.3 Å². The Bertz CT molecular complexity index is 1100. The highest BCUT2D eigenvalue weighted by molar-refractivity contribution is 7.89. The maximum Gasteiger partial charge on any atom is 0.240 e. The number of sulfonamides is 1. The van der Waals surface area contributed by atoms with Crippen LogP contribution in [0.15, 0.2) is 53.4 Å². The molecule has 4 fully saturated rings. The molecule has 0 aromatic heterocycles. The Kier molecular flexibility index (Phi) is 7.34. The fraction of sp³-hybridized carbons (Fsp3) is 0.556. The number of fused-ring (bicyclic) bond motifs is 3. The maximum absolute atomic E-state index is 12.7. The minimum Gasteiger partial charge on any atom is -0.495 e. The van der Waals surface area contributed by atoms with Gasteiger partial charge < -0.3 is 9.64 Å². The van der Waals surface area contributed by atoms with E-state index in [0.717, 1.165) is 63.5 Å². The van der Waals surface area contributed by atoms with Crippen LogP contribution in [-0.2, 0) is 10.0 Å². The standard InChI is InChI=1S/C27H38N4O3S/c1-21-7-9-25(10-8-21)35(32,33)28-18-24-17-22-11-12-31(24)20-23(22)19-29-13-15-30(16-14-29)26-5-3-4-6-27(26)34-2/h3-10,22-24,28H,11-20H2,1-2H3/t22-,23-,24+/m0/s1. The second-order valence-corrected chi connectivity index (χ2v) is 12.1. The topological polar surface area (TPSA) is 65.1 Å². The summed E-state index contributed by atoms with van der Waals surface area (Å²) in [6.07, 6.45) is 2.31. The van der Waals surface area contributed by atoms with E-state index < -0.39 is 10.0 Å². The van der Waals surface area contributed by atoms with Crippen molar-refractivity contribution in [3.63, 3.8) is 0 Å². The molecule has 0 aliphatic carbocycles. The molecule has 1 unspecified atom stereocenters. The Morgan fingerprint density at radius 2 is 1.74 bits per heavy atom. The largest absolute Gasteiger partial charge is 0.495 e. The first-order valence-corrected chi connectivity index (χ1v) is 14.3. The Balaban J connectivity index is 1.11. The van der Waals surface area contributed by atoms with Crippen LogP contribution < -0.4 is 14.4 Å². The molecular weight excluding hydrogens is 460 g/mol. The lowest BCUT2D eigenvalue weighted by molar-refractivity contribution is -0.0107. The van der Waals surface area contributed by atoms with E-state index in [9.17, 15) is 8.42 Å². The molecule has 4 saturated heterocycles. The predicted octanol–water partition coefficient (Wildman–Crippen LogP) is 2.81. The second kappa shape index (κ2) is 10.5. The number of nitrogens with one attached hydrogen (secondary N) is 1. The number of aryl methyl sites for hydroxylation is 1. The summed E-state index contributed by atoms with van der Waals surface area (Å²) in [6, 6.07) is 15.7. The SMILES string of the molecule is COc1ccccc1N1CCN(C[C@H]2CN3CC[C@H]2C[C@@H]3CNS(=O)(=O)c2ccc(C)cc2)CC1. The highest BCUT2D eigenvalue weighted by Gasteiger charge is 2.41. The van der Waals surface area contributed by atoms with E-state index in [-0.39, 0.29) is 0 Å². The number of anilines is 1. The number of benzene rings is 2. The predicted molar refractivity (Wildman–Crippen MR) is 140 cm³/mol. The van der Waals surface area contributed by atoms with E-state index in [1.54, 1.807) is 19.2 Å². The third-order valence-electron chi connectivity index (χ3n) is 8.15. The van der Waals surface area contributed by atoms with Crippen molar-refractivity contribution in [2.24, 2.45) is 11.8 Å². The van der Waals surface area contributed by atoms with Crippen LogP contribution in [0.3, 0.4) is 0 Å². The Morgan fingerprint density at radius 3 is 2.43 bits per heavy atom. The van der Waals surface area contributed by atoms with Gasteiger partial charge in [0.05, 0.1) is 17.7 Å². The molecule has 4 atom stereocenters. The lowest BCUT2D eigenvalue weighted by atomic mass is 9.75. The van der Waals surface area contributed by atoms with Crippen molar-refractivity contribution in [3.05, 3.63) is 54.1 Å². The van der Waals surface area contributed by atoms with Crippen LogP contribution in [0.5, 0.6) is 5.75 Å². The molecule has 2 aromatic carbocycles. The van der Waals surface area contributed by atoms with Crippen LogP contribution in [0.1, 0.15) is 18.4 Å². The smallest absolute Gasteiger partial charge is 0.240 e. The van der Waals surface area contributed by atoms with Gasteiger partial charge >= 0.3 is 0 Å². The first-order chi connectivity index (χ1) is 16.9. The molecule has 2 aromatic rings. The number of methoxy groups -OCH3 is 1. The molecule has 6 rings (SSSR count). The summed E-state index contributed by atoms with van der Waals surface area (Å²) in [6.45, 7) is 9.94. The third kappa shape index (κ3) is 5.50. The summed E-state index contributed by atoms with van der Waals surface area (Å²) in [4.78, 5) is 7.92. The average Bonchev–Trinajstić information content (AvgIpc) is 2.89. The lowest BCUT2D eigenvalue weighted by Gasteiger charge is -2.51. The molecule has 2 bridgehead atoms. The zero-order chi connectivity index (χ0) is 24.4. The maximum atomic E-state index is 12.7. The summed E-state index contributed by atoms with van der Waals surface area (Å²) in [7, 11) is -1.72. The molecule has 4 aliphatic rings. The molecule has 0 saturated carbocycles. The van der Waals surface area contributed by atoms with Gasteiger partial charge in [0.25, 0.3) is 0 Å². The van der Waals surface area contributed by atoms with E-state index in [1.807, 2.05) is 31.2 Å². The Morgan fingerprint density at radius 1 is 1.00 bits per heavy atom. The van der Waals surface area contributed by atoms with Crippen molar-refractivity contribution in [1.29, 1.82) is 0 Å². The zero-order valence-electron chi connectivity index (χ0n) is 20.9. The summed E-state index contributed by atoms with van der Waals surface area (Å²) < 4.78 is 33.9. The fourth-order valence-corrected chi connectivity index (χ4v) is 7.14. The van der Waals surface area contributed by atoms with Gasteiger partial charge in [-0.1, -0.05) is 29.8 Å². The summed E-state index contributed by atoms with van der Waals surface area (Å²) in [5.41, 5.74) is 2.25. The van der Waals surface area contributed by atoms with Crippen LogP contribution in [0.4, 0.5) is 5.69 Å². The highest BCUT2D eigenvalue weighted by atomic mass is 32.2. The Labute approximate surface area is 210 Å². The first-order valence-electron chi connectivity index (χ1n) is 12.8. The van der Waals surface area contributed by atoms with Gasteiger partial charge in [0.1, 0.15) is 5.75 Å². The van der Waals surface area contributed by atoms with Gasteiger partial charge in [0.15, 0.2) is 0 Å². The van der Waals surface area contributed by atoms with Crippen molar-refractivity contribution in [2.45, 2.75) is 30.7 Å². The molecule has 0 radical (unpaired) electrons. The van der Waals surface area contributed by atoms with E-state index in [1.165, 1.54) is 12.1 Å². The van der Waals surface area contributed by atoms with Gasteiger partial charge in [-0.15, -0.1) is 0 Å². The molecule has 4 aliphatic heterocycles. The van der Waals surface area contributed by atoms with Crippen LogP contribution >= 0.6 is 0 Å². The molecule has 4 heterocycles. The van der Waals surface area contributed by atoms with Gasteiger partial charge in [-0.05, 0) is 62.4 Å².